The van der Waals surface area contributed by atoms with Gasteiger partial charge in [0.05, 0.1) is 0 Å². The predicted molar refractivity (Wildman–Crippen MR) is 36.2 cm³/mol. The highest BCUT2D eigenvalue weighted by molar-refractivity contribution is 6.12. The lowest BCUT2D eigenvalue weighted by molar-refractivity contribution is -0.123. The van der Waals surface area contributed by atoms with Crippen LogP contribution in [-0.2, 0) is 9.59 Å². The van der Waals surface area contributed by atoms with Gasteiger partial charge in [0, 0.05) is 12.2 Å². The van der Waals surface area contributed by atoms with Crippen LogP contribution in [0.15, 0.2) is 12.2 Å². The van der Waals surface area contributed by atoms with E-state index in [1.54, 1.807) is 0 Å². The molecule has 1 aliphatic heterocycles. The fourth-order valence-electron chi connectivity index (χ4n) is 0.356. The van der Waals surface area contributed by atoms with E-state index in [9.17, 15) is 9.59 Å². The van der Waals surface area contributed by atoms with Crippen LogP contribution in [0.4, 0.5) is 0 Å². The standard InChI is InChI=1S/C4H3NO2.C2H6O2/c6-3-1-2-4(7)5-3;1-2(3)4/h1-2H,(H,5,6,7);2-4H,1H3. The largest absolute Gasteiger partial charge is 0.368 e. The highest BCUT2D eigenvalue weighted by atomic mass is 16.5. The molecule has 1 aliphatic rings. The van der Waals surface area contributed by atoms with Crippen molar-refractivity contribution in [3.63, 3.8) is 0 Å². The first-order chi connectivity index (χ1) is 5.02. The average Bonchev–Trinajstić information content (AvgIpc) is 2.13. The lowest BCUT2D eigenvalue weighted by Crippen LogP contribution is -2.19. The second-order valence-corrected chi connectivity index (χ2v) is 1.82. The van der Waals surface area contributed by atoms with E-state index in [2.05, 4.69) is 0 Å². The van der Waals surface area contributed by atoms with E-state index in [-0.39, 0.29) is 11.8 Å². The highest BCUT2D eigenvalue weighted by Crippen LogP contribution is 1.82. The number of aliphatic hydroxyl groups excluding tert-OH is 1. The van der Waals surface area contributed by atoms with Crippen molar-refractivity contribution >= 4 is 11.8 Å². The fraction of sp³-hybridized carbons (Fsp3) is 0.333. The molecule has 3 N–H and O–H groups in total. The Labute approximate surface area is 63.3 Å². The molecule has 0 spiro atoms. The van der Waals surface area contributed by atoms with Gasteiger partial charge in [-0.2, -0.15) is 0 Å². The summed E-state index contributed by atoms with van der Waals surface area (Å²) in [5.41, 5.74) is 0. The molecule has 1 heterocycles. The summed E-state index contributed by atoms with van der Waals surface area (Å²) in [6, 6.07) is 0. The zero-order chi connectivity index (χ0) is 8.85. The Bertz CT molecular complexity index is 166. The summed E-state index contributed by atoms with van der Waals surface area (Å²) in [5.74, 6) is -0.657. The van der Waals surface area contributed by atoms with E-state index in [1.165, 1.54) is 19.1 Å². The van der Waals surface area contributed by atoms with Gasteiger partial charge in [-0.3, -0.25) is 14.9 Å². The molecule has 62 valence electrons. The van der Waals surface area contributed by atoms with Gasteiger partial charge >= 0.3 is 0 Å². The summed E-state index contributed by atoms with van der Waals surface area (Å²) in [5, 5.41) is 17.2. The maximum absolute atomic E-state index is 10.0. The lowest BCUT2D eigenvalue weighted by Gasteiger charge is -1.80. The van der Waals surface area contributed by atoms with Crippen molar-refractivity contribution in [2.24, 2.45) is 0 Å². The molecule has 2 amide bonds. The van der Waals surface area contributed by atoms with Crippen molar-refractivity contribution in [1.29, 1.82) is 0 Å². The van der Waals surface area contributed by atoms with E-state index < -0.39 is 6.29 Å². The molecule has 0 radical (unpaired) electrons. The van der Waals surface area contributed by atoms with Crippen LogP contribution in [0.2, 0.25) is 0 Å². The molecule has 5 heteroatoms. The maximum atomic E-state index is 10.0. The molecule has 1 rings (SSSR count). The smallest absolute Gasteiger partial charge is 0.250 e. The average molecular weight is 159 g/mol. The van der Waals surface area contributed by atoms with Gasteiger partial charge in [0.15, 0.2) is 0 Å². The molecule has 0 atom stereocenters. The van der Waals surface area contributed by atoms with E-state index in [4.69, 9.17) is 10.2 Å². The number of hydrogen-bond acceptors (Lipinski definition) is 4. The van der Waals surface area contributed by atoms with Crippen LogP contribution < -0.4 is 5.32 Å². The second-order valence-electron chi connectivity index (χ2n) is 1.82. The Morgan fingerprint density at radius 2 is 1.55 bits per heavy atom. The molecular weight excluding hydrogens is 150 g/mol. The monoisotopic (exact) mass is 159 g/mol. The van der Waals surface area contributed by atoms with Crippen LogP contribution in [0.25, 0.3) is 0 Å². The molecule has 0 aromatic heterocycles. The van der Waals surface area contributed by atoms with Crippen LogP contribution in [0.3, 0.4) is 0 Å². The molecular formula is C6H9NO4. The van der Waals surface area contributed by atoms with Crippen molar-refractivity contribution in [1.82, 2.24) is 5.32 Å². The highest BCUT2D eigenvalue weighted by Gasteiger charge is 2.06. The minimum atomic E-state index is -1.17. The molecule has 0 aliphatic carbocycles. The Balaban J connectivity index is 0.000000218. The predicted octanol–water partition coefficient (Wildman–Crippen LogP) is -1.48. The molecule has 0 saturated heterocycles. The molecule has 0 aromatic carbocycles. The SMILES string of the molecule is CC(O)O.O=C1C=CC(=O)N1. The number of carbonyl (C=O) groups excluding carboxylic acids is 2. The molecule has 5 nitrogen and oxygen atoms in total. The first kappa shape index (κ1) is 9.80. The van der Waals surface area contributed by atoms with Gasteiger partial charge in [-0.05, 0) is 6.92 Å². The van der Waals surface area contributed by atoms with Crippen molar-refractivity contribution < 1.29 is 19.8 Å². The first-order valence-electron chi connectivity index (χ1n) is 2.91. The third kappa shape index (κ3) is 6.69. The second kappa shape index (κ2) is 4.59. The van der Waals surface area contributed by atoms with Crippen LogP contribution in [0.5, 0.6) is 0 Å². The lowest BCUT2D eigenvalue weighted by atomic mass is 10.6. The van der Waals surface area contributed by atoms with Crippen LogP contribution >= 0.6 is 0 Å². The Kier molecular flexibility index (Phi) is 4.09. The van der Waals surface area contributed by atoms with Gasteiger partial charge in [0.25, 0.3) is 11.8 Å². The van der Waals surface area contributed by atoms with Crippen molar-refractivity contribution in [3.05, 3.63) is 12.2 Å². The number of aliphatic hydroxyl groups is 2. The number of imide groups is 1. The summed E-state index contributed by atoms with van der Waals surface area (Å²) in [6.45, 7) is 1.28. The summed E-state index contributed by atoms with van der Waals surface area (Å²) in [7, 11) is 0. The number of amides is 2. The molecule has 0 bridgehead atoms. The van der Waals surface area contributed by atoms with Crippen molar-refractivity contribution in [3.8, 4) is 0 Å². The molecule has 11 heavy (non-hydrogen) atoms. The molecule has 0 fully saturated rings. The van der Waals surface area contributed by atoms with E-state index >= 15 is 0 Å². The molecule has 0 saturated carbocycles. The Morgan fingerprint density at radius 1 is 1.27 bits per heavy atom. The van der Waals surface area contributed by atoms with Crippen LogP contribution in [0, 0.1) is 0 Å². The zero-order valence-electron chi connectivity index (χ0n) is 5.94. The summed E-state index contributed by atoms with van der Waals surface area (Å²) < 4.78 is 0. The van der Waals surface area contributed by atoms with E-state index in [0.29, 0.717) is 0 Å². The van der Waals surface area contributed by atoms with Gasteiger partial charge in [0.2, 0.25) is 0 Å². The normalized spacial score (nSPS) is 14.5. The third-order valence-corrected chi connectivity index (χ3v) is 0.632. The Morgan fingerprint density at radius 3 is 1.64 bits per heavy atom. The minimum Gasteiger partial charge on any atom is -0.368 e. The topological polar surface area (TPSA) is 86.6 Å². The van der Waals surface area contributed by atoms with E-state index in [1.807, 2.05) is 5.32 Å². The fourth-order valence-corrected chi connectivity index (χ4v) is 0.356. The van der Waals surface area contributed by atoms with Crippen molar-refractivity contribution in [2.75, 3.05) is 0 Å². The Hall–Kier alpha value is -1.20. The quantitative estimate of drug-likeness (QED) is 0.297. The summed E-state index contributed by atoms with van der Waals surface area (Å²) >= 11 is 0. The summed E-state index contributed by atoms with van der Waals surface area (Å²) in [4.78, 5) is 20.1. The van der Waals surface area contributed by atoms with E-state index in [0.717, 1.165) is 0 Å². The van der Waals surface area contributed by atoms with Gasteiger partial charge < -0.3 is 10.2 Å². The minimum absolute atomic E-state index is 0.329. The van der Waals surface area contributed by atoms with Crippen LogP contribution in [-0.4, -0.2) is 28.3 Å². The van der Waals surface area contributed by atoms with Gasteiger partial charge in [-0.1, -0.05) is 0 Å². The van der Waals surface area contributed by atoms with Gasteiger partial charge in [-0.15, -0.1) is 0 Å². The number of carbonyl (C=O) groups is 2. The first-order valence-corrected chi connectivity index (χ1v) is 2.91. The van der Waals surface area contributed by atoms with Crippen molar-refractivity contribution in [2.45, 2.75) is 13.2 Å². The zero-order valence-corrected chi connectivity index (χ0v) is 5.94. The number of nitrogens with one attached hydrogen (secondary N) is 1. The molecule has 0 unspecified atom stereocenters. The molecule has 0 aromatic rings. The maximum Gasteiger partial charge on any atom is 0.250 e. The number of rotatable bonds is 0. The van der Waals surface area contributed by atoms with Gasteiger partial charge in [-0.25, -0.2) is 0 Å². The number of hydrogen-bond donors (Lipinski definition) is 3. The van der Waals surface area contributed by atoms with Crippen LogP contribution in [0.1, 0.15) is 6.92 Å². The summed E-state index contributed by atoms with van der Waals surface area (Å²) in [6.07, 6.45) is 1.23. The van der Waals surface area contributed by atoms with Gasteiger partial charge in [0.1, 0.15) is 6.29 Å². The third-order valence-electron chi connectivity index (χ3n) is 0.632.